The number of amides is 1. The number of non-ortho nitro benzene ring substituents is 1. The maximum atomic E-state index is 13.8. The molecule has 7 heteroatoms. The van der Waals surface area contributed by atoms with Crippen molar-refractivity contribution < 1.29 is 9.72 Å². The number of aromatic nitrogens is 1. The number of carbonyl (C=O) groups is 1. The van der Waals surface area contributed by atoms with E-state index in [4.69, 9.17) is 11.6 Å². The molecule has 1 aliphatic rings. The molecule has 5 rings (SSSR count). The first kappa shape index (κ1) is 23.7. The van der Waals surface area contributed by atoms with Gasteiger partial charge < -0.3 is 9.47 Å². The van der Waals surface area contributed by atoms with Crippen LogP contribution in [0.4, 0.5) is 5.69 Å². The highest BCUT2D eigenvalue weighted by atomic mass is 35.5. The van der Waals surface area contributed by atoms with Crippen LogP contribution in [0.3, 0.4) is 0 Å². The van der Waals surface area contributed by atoms with E-state index in [2.05, 4.69) is 40.7 Å². The molecule has 1 saturated heterocycles. The van der Waals surface area contributed by atoms with Crippen LogP contribution in [-0.2, 0) is 6.54 Å². The van der Waals surface area contributed by atoms with Crippen LogP contribution in [0.2, 0.25) is 5.02 Å². The number of hydrogen-bond acceptors (Lipinski definition) is 3. The Morgan fingerprint density at radius 1 is 1.11 bits per heavy atom. The van der Waals surface area contributed by atoms with Crippen molar-refractivity contribution in [1.29, 1.82) is 0 Å². The lowest BCUT2D eigenvalue weighted by Crippen LogP contribution is -2.32. The van der Waals surface area contributed by atoms with Gasteiger partial charge in [-0.2, -0.15) is 0 Å². The van der Waals surface area contributed by atoms with Gasteiger partial charge in [0.15, 0.2) is 0 Å². The van der Waals surface area contributed by atoms with E-state index in [1.165, 1.54) is 18.2 Å². The summed E-state index contributed by atoms with van der Waals surface area (Å²) in [4.78, 5) is 26.2. The van der Waals surface area contributed by atoms with Crippen molar-refractivity contribution in [2.45, 2.75) is 32.4 Å². The number of para-hydroxylation sites is 1. The third-order valence-corrected chi connectivity index (χ3v) is 7.02. The fourth-order valence-corrected chi connectivity index (χ4v) is 5.40. The minimum absolute atomic E-state index is 0.0838. The maximum absolute atomic E-state index is 13.8. The maximum Gasteiger partial charge on any atom is 0.270 e. The predicted molar refractivity (Wildman–Crippen MR) is 142 cm³/mol. The van der Waals surface area contributed by atoms with E-state index < -0.39 is 4.92 Å². The zero-order chi connectivity index (χ0) is 25.2. The molecule has 1 aromatic heterocycles. The predicted octanol–water partition coefficient (Wildman–Crippen LogP) is 6.87. The van der Waals surface area contributed by atoms with Crippen LogP contribution in [0.25, 0.3) is 22.0 Å². The third kappa shape index (κ3) is 4.12. The van der Waals surface area contributed by atoms with Crippen molar-refractivity contribution in [3.63, 3.8) is 0 Å². The van der Waals surface area contributed by atoms with Crippen molar-refractivity contribution in [2.75, 3.05) is 6.54 Å². The molecule has 0 N–H and O–H groups in total. The fourth-order valence-electron chi connectivity index (χ4n) is 5.15. The molecule has 0 aliphatic carbocycles. The molecule has 180 valence electrons. The van der Waals surface area contributed by atoms with Crippen molar-refractivity contribution in [2.24, 2.45) is 0 Å². The van der Waals surface area contributed by atoms with Crippen LogP contribution in [0, 0.1) is 22.0 Å². The molecular formula is C29H24ClN3O3. The quantitative estimate of drug-likeness (QED) is 0.171. The average molecular weight is 498 g/mol. The van der Waals surface area contributed by atoms with Gasteiger partial charge in [-0.1, -0.05) is 66.1 Å². The van der Waals surface area contributed by atoms with Gasteiger partial charge in [0.2, 0.25) is 0 Å². The molecule has 0 saturated carbocycles. The Morgan fingerprint density at radius 2 is 1.86 bits per heavy atom. The van der Waals surface area contributed by atoms with Gasteiger partial charge in [-0.3, -0.25) is 14.9 Å². The molecule has 1 atom stereocenters. The molecule has 1 fully saturated rings. The second kappa shape index (κ2) is 9.88. The molecule has 0 radical (unpaired) electrons. The minimum atomic E-state index is -0.516. The summed E-state index contributed by atoms with van der Waals surface area (Å²) in [5.41, 5.74) is 4.43. The number of nitro groups is 1. The Kier molecular flexibility index (Phi) is 6.49. The number of carbonyl (C=O) groups excluding carboxylic acids is 1. The van der Waals surface area contributed by atoms with E-state index in [9.17, 15) is 14.9 Å². The van der Waals surface area contributed by atoms with Gasteiger partial charge in [0.05, 0.1) is 33.8 Å². The first-order valence-corrected chi connectivity index (χ1v) is 12.2. The van der Waals surface area contributed by atoms with Crippen molar-refractivity contribution >= 4 is 34.1 Å². The lowest BCUT2D eigenvalue weighted by Gasteiger charge is -2.27. The number of hydrogen-bond donors (Lipinski definition) is 0. The Hall–Kier alpha value is -4.08. The van der Waals surface area contributed by atoms with Gasteiger partial charge in [-0.05, 0) is 37.5 Å². The highest BCUT2D eigenvalue weighted by Crippen LogP contribution is 2.44. The Bertz CT molecular complexity index is 1530. The largest absolute Gasteiger partial charge is 0.330 e. The molecule has 2 heterocycles. The highest BCUT2D eigenvalue weighted by molar-refractivity contribution is 6.34. The standard InChI is InChI=1S/C29H24ClN3O3/c1-2-3-17-31-25-13-8-7-12-23(25)27(20-10-5-4-6-11-20)28(31)26-14-9-18-32(26)29(34)22-16-15-21(33(35)36)19-24(22)30/h4-8,10-13,15-16,19,26H,9,14,17-18H2,1H3. The number of rotatable bonds is 5. The minimum Gasteiger partial charge on any atom is -0.330 e. The molecule has 0 spiro atoms. The first-order valence-electron chi connectivity index (χ1n) is 11.8. The normalized spacial score (nSPS) is 15.1. The molecule has 3 aromatic carbocycles. The lowest BCUT2D eigenvalue weighted by atomic mass is 9.97. The monoisotopic (exact) mass is 497 g/mol. The second-order valence-electron chi connectivity index (χ2n) is 8.73. The van der Waals surface area contributed by atoms with Gasteiger partial charge in [-0.15, -0.1) is 5.92 Å². The number of halogens is 1. The summed E-state index contributed by atoms with van der Waals surface area (Å²) in [5.74, 6) is 5.99. The zero-order valence-corrected chi connectivity index (χ0v) is 20.5. The number of fused-ring (bicyclic) bond motifs is 1. The smallest absolute Gasteiger partial charge is 0.270 e. The summed E-state index contributed by atoms with van der Waals surface area (Å²) in [6.45, 7) is 2.91. The zero-order valence-electron chi connectivity index (χ0n) is 19.8. The van der Waals surface area contributed by atoms with Crippen LogP contribution in [0.15, 0.2) is 72.8 Å². The molecule has 0 bridgehead atoms. The Morgan fingerprint density at radius 3 is 2.58 bits per heavy atom. The van der Waals surface area contributed by atoms with Gasteiger partial charge in [0.25, 0.3) is 11.6 Å². The molecule has 6 nitrogen and oxygen atoms in total. The fraction of sp³-hybridized carbons (Fsp3) is 0.207. The van der Waals surface area contributed by atoms with E-state index in [-0.39, 0.29) is 28.2 Å². The van der Waals surface area contributed by atoms with Gasteiger partial charge >= 0.3 is 0 Å². The van der Waals surface area contributed by atoms with Gasteiger partial charge in [0.1, 0.15) is 0 Å². The van der Waals surface area contributed by atoms with E-state index >= 15 is 0 Å². The van der Waals surface area contributed by atoms with Crippen LogP contribution >= 0.6 is 11.6 Å². The lowest BCUT2D eigenvalue weighted by molar-refractivity contribution is -0.384. The SMILES string of the molecule is CC#CCn1c(C2CCCN2C(=O)c2ccc([N+](=O)[O-])cc2Cl)c(-c2ccccc2)c2ccccc21. The summed E-state index contributed by atoms with van der Waals surface area (Å²) in [6.07, 6.45) is 1.64. The van der Waals surface area contributed by atoms with Gasteiger partial charge in [0, 0.05) is 35.1 Å². The van der Waals surface area contributed by atoms with Gasteiger partial charge in [-0.25, -0.2) is 0 Å². The van der Waals surface area contributed by atoms with Crippen LogP contribution in [-0.4, -0.2) is 26.8 Å². The van der Waals surface area contributed by atoms with E-state index in [0.29, 0.717) is 13.1 Å². The molecule has 4 aromatic rings. The van der Waals surface area contributed by atoms with Crippen LogP contribution in [0.5, 0.6) is 0 Å². The average Bonchev–Trinajstić information content (AvgIpc) is 3.50. The Labute approximate surface area is 214 Å². The summed E-state index contributed by atoms with van der Waals surface area (Å²) < 4.78 is 2.22. The van der Waals surface area contributed by atoms with E-state index in [1.807, 2.05) is 42.2 Å². The van der Waals surface area contributed by atoms with E-state index in [0.717, 1.165) is 40.6 Å². The molecule has 1 aliphatic heterocycles. The Balaban J connectivity index is 1.68. The second-order valence-corrected chi connectivity index (χ2v) is 9.14. The number of benzene rings is 3. The molecule has 36 heavy (non-hydrogen) atoms. The first-order chi connectivity index (χ1) is 17.5. The van der Waals surface area contributed by atoms with Crippen molar-refractivity contribution in [3.05, 3.63) is 99.2 Å². The molecule has 1 unspecified atom stereocenters. The molecule has 1 amide bonds. The third-order valence-electron chi connectivity index (χ3n) is 6.71. The number of likely N-dealkylation sites (tertiary alicyclic amines) is 1. The van der Waals surface area contributed by atoms with Crippen LogP contribution in [0.1, 0.15) is 41.9 Å². The summed E-state index contributed by atoms with van der Waals surface area (Å²) in [5, 5.41) is 12.3. The van der Waals surface area contributed by atoms with E-state index in [1.54, 1.807) is 0 Å². The highest BCUT2D eigenvalue weighted by Gasteiger charge is 2.36. The van der Waals surface area contributed by atoms with Crippen LogP contribution < -0.4 is 0 Å². The van der Waals surface area contributed by atoms with Crippen molar-refractivity contribution in [1.82, 2.24) is 9.47 Å². The number of nitrogens with zero attached hydrogens (tertiary/aromatic N) is 3. The summed E-state index contributed by atoms with van der Waals surface area (Å²) in [7, 11) is 0. The van der Waals surface area contributed by atoms with Crippen molar-refractivity contribution in [3.8, 4) is 23.0 Å². The number of nitro benzene ring substituents is 1. The summed E-state index contributed by atoms with van der Waals surface area (Å²) in [6, 6.07) is 22.3. The summed E-state index contributed by atoms with van der Waals surface area (Å²) >= 11 is 6.36. The topological polar surface area (TPSA) is 68.4 Å². The molecular weight excluding hydrogens is 474 g/mol.